The van der Waals surface area contributed by atoms with Gasteiger partial charge in [-0.1, -0.05) is 24.1 Å². The molecule has 0 heterocycles. The van der Waals surface area contributed by atoms with Crippen molar-refractivity contribution in [2.75, 3.05) is 11.9 Å². The lowest BCUT2D eigenvalue weighted by atomic mass is 10.0. The molecule has 5 heteroatoms. The van der Waals surface area contributed by atoms with Crippen LogP contribution in [0.5, 0.6) is 0 Å². The molecule has 0 aliphatic heterocycles. The number of fused-ring (bicyclic) bond motifs is 1. The van der Waals surface area contributed by atoms with Gasteiger partial charge in [0.2, 0.25) is 11.8 Å². The van der Waals surface area contributed by atoms with Crippen LogP contribution in [0, 0.1) is 12.3 Å². The molecule has 2 aromatic carbocycles. The lowest BCUT2D eigenvalue weighted by Crippen LogP contribution is -2.33. The standard InChI is InChI=1S/C23H22N2O3/c1-2-16-5-3-8-20(13-16)25-23(28)15-24-22(27)12-11-21(26)19-10-9-17-6-4-7-18(17)14-19/h1,3,5,8-10,13-14H,4,6-7,11-12,15H2,(H,24,27)(H,25,28). The van der Waals surface area contributed by atoms with Crippen LogP contribution in [0.1, 0.15) is 46.3 Å². The topological polar surface area (TPSA) is 75.3 Å². The molecule has 2 amide bonds. The molecular weight excluding hydrogens is 352 g/mol. The summed E-state index contributed by atoms with van der Waals surface area (Å²) in [5, 5.41) is 5.21. The van der Waals surface area contributed by atoms with Crippen LogP contribution in [-0.4, -0.2) is 24.1 Å². The summed E-state index contributed by atoms with van der Waals surface area (Å²) in [6.07, 6.45) is 8.71. The van der Waals surface area contributed by atoms with Crippen molar-refractivity contribution in [2.45, 2.75) is 32.1 Å². The van der Waals surface area contributed by atoms with E-state index in [1.54, 1.807) is 24.3 Å². The van der Waals surface area contributed by atoms with Gasteiger partial charge in [0.15, 0.2) is 5.78 Å². The first-order valence-corrected chi connectivity index (χ1v) is 9.33. The van der Waals surface area contributed by atoms with Gasteiger partial charge < -0.3 is 10.6 Å². The summed E-state index contributed by atoms with van der Waals surface area (Å²) in [6, 6.07) is 12.7. The Morgan fingerprint density at radius 3 is 2.61 bits per heavy atom. The fourth-order valence-electron chi connectivity index (χ4n) is 3.28. The van der Waals surface area contributed by atoms with Gasteiger partial charge in [-0.3, -0.25) is 14.4 Å². The minimum absolute atomic E-state index is 0.0514. The number of terminal acetylenes is 1. The van der Waals surface area contributed by atoms with E-state index in [1.807, 2.05) is 18.2 Å². The molecule has 0 unspecified atom stereocenters. The average Bonchev–Trinajstić information content (AvgIpc) is 3.18. The number of hydrogen-bond donors (Lipinski definition) is 2. The van der Waals surface area contributed by atoms with E-state index < -0.39 is 0 Å². The molecule has 1 aliphatic carbocycles. The fourth-order valence-corrected chi connectivity index (χ4v) is 3.28. The van der Waals surface area contributed by atoms with E-state index in [0.29, 0.717) is 16.8 Å². The summed E-state index contributed by atoms with van der Waals surface area (Å²) < 4.78 is 0. The molecule has 2 aromatic rings. The first kappa shape index (κ1) is 19.4. The Balaban J connectivity index is 1.42. The van der Waals surface area contributed by atoms with E-state index in [2.05, 4.69) is 16.6 Å². The van der Waals surface area contributed by atoms with E-state index in [0.717, 1.165) is 19.3 Å². The highest BCUT2D eigenvalue weighted by Crippen LogP contribution is 2.23. The molecule has 28 heavy (non-hydrogen) atoms. The van der Waals surface area contributed by atoms with Gasteiger partial charge in [-0.15, -0.1) is 6.42 Å². The maximum Gasteiger partial charge on any atom is 0.243 e. The zero-order chi connectivity index (χ0) is 19.9. The number of carbonyl (C=O) groups is 3. The second kappa shape index (κ2) is 9.01. The number of amides is 2. The zero-order valence-electron chi connectivity index (χ0n) is 15.6. The monoisotopic (exact) mass is 374 g/mol. The Morgan fingerprint density at radius 1 is 0.964 bits per heavy atom. The van der Waals surface area contributed by atoms with Crippen molar-refractivity contribution in [2.24, 2.45) is 0 Å². The van der Waals surface area contributed by atoms with Crippen molar-refractivity contribution >= 4 is 23.3 Å². The molecule has 1 aliphatic rings. The summed E-state index contributed by atoms with van der Waals surface area (Å²) >= 11 is 0. The minimum atomic E-state index is -0.354. The van der Waals surface area contributed by atoms with Crippen LogP contribution in [0.3, 0.4) is 0 Å². The number of ketones is 1. The van der Waals surface area contributed by atoms with Gasteiger partial charge in [0.25, 0.3) is 0 Å². The van der Waals surface area contributed by atoms with Gasteiger partial charge in [0.05, 0.1) is 6.54 Å². The van der Waals surface area contributed by atoms with Crippen LogP contribution in [0.25, 0.3) is 0 Å². The lowest BCUT2D eigenvalue weighted by molar-refractivity contribution is -0.124. The molecule has 0 bridgehead atoms. The summed E-state index contributed by atoms with van der Waals surface area (Å²) in [5.74, 6) is 1.75. The molecule has 0 saturated carbocycles. The summed E-state index contributed by atoms with van der Waals surface area (Å²) in [6.45, 7) is -0.161. The molecule has 0 aromatic heterocycles. The van der Waals surface area contributed by atoms with Crippen LogP contribution in [0.4, 0.5) is 5.69 Å². The molecule has 5 nitrogen and oxygen atoms in total. The third-order valence-corrected chi connectivity index (χ3v) is 4.76. The Labute approximate surface area is 164 Å². The van der Waals surface area contributed by atoms with Crippen LogP contribution >= 0.6 is 0 Å². The quantitative estimate of drug-likeness (QED) is 0.578. The predicted octanol–water partition coefficient (Wildman–Crippen LogP) is 2.87. The van der Waals surface area contributed by atoms with E-state index in [4.69, 9.17) is 6.42 Å². The summed E-state index contributed by atoms with van der Waals surface area (Å²) in [5.41, 5.74) is 4.43. The number of rotatable bonds is 7. The lowest BCUT2D eigenvalue weighted by Gasteiger charge is -2.08. The molecular formula is C23H22N2O3. The van der Waals surface area contributed by atoms with Gasteiger partial charge in [-0.05, 0) is 54.7 Å². The van der Waals surface area contributed by atoms with E-state index in [9.17, 15) is 14.4 Å². The van der Waals surface area contributed by atoms with Gasteiger partial charge >= 0.3 is 0 Å². The molecule has 0 atom stereocenters. The van der Waals surface area contributed by atoms with Gasteiger partial charge in [-0.2, -0.15) is 0 Å². The minimum Gasteiger partial charge on any atom is -0.347 e. The average molecular weight is 374 g/mol. The van der Waals surface area contributed by atoms with Crippen molar-refractivity contribution in [1.29, 1.82) is 0 Å². The maximum atomic E-state index is 12.3. The second-order valence-corrected chi connectivity index (χ2v) is 6.81. The third kappa shape index (κ3) is 5.08. The molecule has 142 valence electrons. The molecule has 0 spiro atoms. The normalized spacial score (nSPS) is 12.0. The zero-order valence-corrected chi connectivity index (χ0v) is 15.6. The van der Waals surface area contributed by atoms with Crippen molar-refractivity contribution in [3.05, 3.63) is 64.7 Å². The number of Topliss-reactive ketones (excluding diaryl/α,β-unsaturated/α-hetero) is 1. The highest BCUT2D eigenvalue weighted by atomic mass is 16.2. The van der Waals surface area contributed by atoms with Crippen molar-refractivity contribution in [1.82, 2.24) is 5.32 Å². The molecule has 0 fully saturated rings. The Kier molecular flexibility index (Phi) is 6.23. The first-order valence-electron chi connectivity index (χ1n) is 9.33. The van der Waals surface area contributed by atoms with Crippen LogP contribution in [0.2, 0.25) is 0 Å². The molecule has 2 N–H and O–H groups in total. The first-order chi connectivity index (χ1) is 13.5. The van der Waals surface area contributed by atoms with Crippen LogP contribution in [0.15, 0.2) is 42.5 Å². The van der Waals surface area contributed by atoms with Crippen LogP contribution in [-0.2, 0) is 22.4 Å². The molecule has 0 saturated heterocycles. The van der Waals surface area contributed by atoms with Crippen molar-refractivity contribution < 1.29 is 14.4 Å². The Bertz CT molecular complexity index is 957. The predicted molar refractivity (Wildman–Crippen MR) is 108 cm³/mol. The third-order valence-electron chi connectivity index (χ3n) is 4.76. The number of benzene rings is 2. The fraction of sp³-hybridized carbons (Fsp3) is 0.261. The van der Waals surface area contributed by atoms with Crippen LogP contribution < -0.4 is 10.6 Å². The number of aryl methyl sites for hydroxylation is 2. The Hall–Kier alpha value is -3.39. The molecule has 3 rings (SSSR count). The SMILES string of the molecule is C#Cc1cccc(NC(=O)CNC(=O)CCC(=O)c2ccc3c(c2)CCC3)c1. The largest absolute Gasteiger partial charge is 0.347 e. The second-order valence-electron chi connectivity index (χ2n) is 6.81. The maximum absolute atomic E-state index is 12.3. The molecule has 0 radical (unpaired) electrons. The van der Waals surface area contributed by atoms with Crippen molar-refractivity contribution in [3.8, 4) is 12.3 Å². The Morgan fingerprint density at radius 2 is 1.79 bits per heavy atom. The van der Waals surface area contributed by atoms with E-state index in [-0.39, 0.29) is 37.0 Å². The number of carbonyl (C=O) groups excluding carboxylic acids is 3. The van der Waals surface area contributed by atoms with Gasteiger partial charge in [-0.25, -0.2) is 0 Å². The number of anilines is 1. The smallest absolute Gasteiger partial charge is 0.243 e. The highest BCUT2D eigenvalue weighted by molar-refractivity contribution is 5.99. The van der Waals surface area contributed by atoms with E-state index in [1.165, 1.54) is 11.1 Å². The highest BCUT2D eigenvalue weighted by Gasteiger charge is 2.15. The summed E-state index contributed by atoms with van der Waals surface area (Å²) in [4.78, 5) is 36.2. The number of nitrogens with one attached hydrogen (secondary N) is 2. The van der Waals surface area contributed by atoms with Crippen molar-refractivity contribution in [3.63, 3.8) is 0 Å². The van der Waals surface area contributed by atoms with E-state index >= 15 is 0 Å². The summed E-state index contributed by atoms with van der Waals surface area (Å²) in [7, 11) is 0. The van der Waals surface area contributed by atoms with Gasteiger partial charge in [0, 0.05) is 29.7 Å². The van der Waals surface area contributed by atoms with Gasteiger partial charge in [0.1, 0.15) is 0 Å². The number of hydrogen-bond acceptors (Lipinski definition) is 3.